The Kier molecular flexibility index (Phi) is 5.27. The van der Waals surface area contributed by atoms with Crippen molar-refractivity contribution in [3.8, 4) is 0 Å². The molecule has 3 amide bonds. The Hall–Kier alpha value is -2.37. The standard InChI is InChI=1S/C20H18Cl2N2O3/c1-11(2)24(10-12-4-7-16(21)17(22)8-12)18(25)13-5-6-14-15(9-13)20(27)23(3)19(14)26/h4-9,11H,10H2,1-3H3. The van der Waals surface area contributed by atoms with Crippen molar-refractivity contribution in [3.63, 3.8) is 0 Å². The van der Waals surface area contributed by atoms with Gasteiger partial charge in [0.05, 0.1) is 21.2 Å². The van der Waals surface area contributed by atoms with Crippen LogP contribution in [0.4, 0.5) is 0 Å². The lowest BCUT2D eigenvalue weighted by Crippen LogP contribution is -2.36. The van der Waals surface area contributed by atoms with E-state index in [9.17, 15) is 14.4 Å². The number of hydrogen-bond donors (Lipinski definition) is 0. The van der Waals surface area contributed by atoms with Crippen LogP contribution in [-0.4, -0.2) is 40.6 Å². The van der Waals surface area contributed by atoms with E-state index in [1.54, 1.807) is 23.1 Å². The molecule has 0 spiro atoms. The molecule has 0 saturated carbocycles. The van der Waals surface area contributed by atoms with E-state index in [-0.39, 0.29) is 23.4 Å². The van der Waals surface area contributed by atoms with Crippen molar-refractivity contribution in [2.24, 2.45) is 0 Å². The highest BCUT2D eigenvalue weighted by atomic mass is 35.5. The smallest absolute Gasteiger partial charge is 0.261 e. The Balaban J connectivity index is 1.91. The van der Waals surface area contributed by atoms with Crippen LogP contribution in [0.3, 0.4) is 0 Å². The lowest BCUT2D eigenvalue weighted by atomic mass is 10.0. The topological polar surface area (TPSA) is 57.7 Å². The van der Waals surface area contributed by atoms with E-state index in [1.807, 2.05) is 19.9 Å². The van der Waals surface area contributed by atoms with E-state index >= 15 is 0 Å². The van der Waals surface area contributed by atoms with Gasteiger partial charge in [0.15, 0.2) is 0 Å². The average Bonchev–Trinajstić information content (AvgIpc) is 2.85. The first-order chi connectivity index (χ1) is 12.7. The van der Waals surface area contributed by atoms with E-state index < -0.39 is 5.91 Å². The minimum Gasteiger partial charge on any atom is -0.332 e. The normalized spacial score (nSPS) is 13.3. The SMILES string of the molecule is CC(C)N(Cc1ccc(Cl)c(Cl)c1)C(=O)c1ccc2c(c1)C(=O)N(C)C2=O. The number of rotatable bonds is 4. The molecule has 1 aliphatic rings. The summed E-state index contributed by atoms with van der Waals surface area (Å²) in [6, 6.07) is 9.76. The molecule has 3 rings (SSSR count). The van der Waals surface area contributed by atoms with Crippen LogP contribution in [0.15, 0.2) is 36.4 Å². The number of imide groups is 1. The molecule has 0 radical (unpaired) electrons. The highest BCUT2D eigenvalue weighted by Gasteiger charge is 2.33. The van der Waals surface area contributed by atoms with E-state index in [0.29, 0.717) is 27.7 Å². The number of hydrogen-bond acceptors (Lipinski definition) is 3. The highest BCUT2D eigenvalue weighted by molar-refractivity contribution is 6.42. The van der Waals surface area contributed by atoms with Crippen LogP contribution >= 0.6 is 23.2 Å². The molecular formula is C20H18Cl2N2O3. The van der Waals surface area contributed by atoms with Gasteiger partial charge in [0.1, 0.15) is 0 Å². The molecule has 0 N–H and O–H groups in total. The predicted octanol–water partition coefficient (Wildman–Crippen LogP) is 4.27. The second-order valence-corrected chi connectivity index (χ2v) is 7.52. The van der Waals surface area contributed by atoms with Crippen molar-refractivity contribution in [3.05, 3.63) is 68.7 Å². The Bertz CT molecular complexity index is 956. The molecule has 0 fully saturated rings. The van der Waals surface area contributed by atoms with Crippen LogP contribution in [0.2, 0.25) is 10.0 Å². The first kappa shape index (κ1) is 19.4. The maximum absolute atomic E-state index is 13.1. The van der Waals surface area contributed by atoms with Crippen molar-refractivity contribution in [1.29, 1.82) is 0 Å². The zero-order valence-electron chi connectivity index (χ0n) is 15.1. The van der Waals surface area contributed by atoms with Gasteiger partial charge < -0.3 is 4.90 Å². The van der Waals surface area contributed by atoms with Crippen LogP contribution < -0.4 is 0 Å². The molecule has 140 valence electrons. The summed E-state index contributed by atoms with van der Waals surface area (Å²) in [4.78, 5) is 40.0. The third-order valence-electron chi connectivity index (χ3n) is 4.56. The van der Waals surface area contributed by atoms with Gasteiger partial charge in [-0.3, -0.25) is 19.3 Å². The number of benzene rings is 2. The maximum atomic E-state index is 13.1. The summed E-state index contributed by atoms with van der Waals surface area (Å²) in [5.41, 5.74) is 1.78. The molecule has 5 nitrogen and oxygen atoms in total. The number of carbonyl (C=O) groups excluding carboxylic acids is 3. The summed E-state index contributed by atoms with van der Waals surface area (Å²) in [6.45, 7) is 4.16. The summed E-state index contributed by atoms with van der Waals surface area (Å²) in [5, 5.41) is 0.878. The maximum Gasteiger partial charge on any atom is 0.261 e. The zero-order valence-corrected chi connectivity index (χ0v) is 16.6. The fourth-order valence-corrected chi connectivity index (χ4v) is 3.30. The number of carbonyl (C=O) groups is 3. The van der Waals surface area contributed by atoms with E-state index in [2.05, 4.69) is 0 Å². The lowest BCUT2D eigenvalue weighted by molar-refractivity contribution is 0.0684. The quantitative estimate of drug-likeness (QED) is 0.714. The van der Waals surface area contributed by atoms with Crippen molar-refractivity contribution < 1.29 is 14.4 Å². The molecule has 1 heterocycles. The summed E-state index contributed by atoms with van der Waals surface area (Å²) in [6.07, 6.45) is 0. The highest BCUT2D eigenvalue weighted by Crippen LogP contribution is 2.26. The fourth-order valence-electron chi connectivity index (χ4n) is 2.98. The summed E-state index contributed by atoms with van der Waals surface area (Å²) in [7, 11) is 1.43. The third-order valence-corrected chi connectivity index (χ3v) is 5.30. The molecule has 2 aromatic carbocycles. The van der Waals surface area contributed by atoms with Crippen molar-refractivity contribution in [2.75, 3.05) is 7.05 Å². The Morgan fingerprint density at radius 2 is 1.67 bits per heavy atom. The summed E-state index contributed by atoms with van der Waals surface area (Å²) in [5.74, 6) is -0.982. The third kappa shape index (κ3) is 3.57. The Morgan fingerprint density at radius 1 is 1.00 bits per heavy atom. The van der Waals surface area contributed by atoms with Crippen molar-refractivity contribution >= 4 is 40.9 Å². The first-order valence-electron chi connectivity index (χ1n) is 8.42. The van der Waals surface area contributed by atoms with Crippen molar-refractivity contribution in [1.82, 2.24) is 9.80 Å². The van der Waals surface area contributed by atoms with Gasteiger partial charge in [0.25, 0.3) is 17.7 Å². The molecule has 7 heteroatoms. The molecule has 2 aromatic rings. The van der Waals surface area contributed by atoms with E-state index in [0.717, 1.165) is 10.5 Å². The molecule has 0 aromatic heterocycles. The summed E-state index contributed by atoms with van der Waals surface area (Å²) < 4.78 is 0. The van der Waals surface area contributed by atoms with Crippen LogP contribution in [0.25, 0.3) is 0 Å². The number of amides is 3. The number of fused-ring (bicyclic) bond motifs is 1. The number of nitrogens with zero attached hydrogens (tertiary/aromatic N) is 2. The average molecular weight is 405 g/mol. The van der Waals surface area contributed by atoms with Gasteiger partial charge in [-0.2, -0.15) is 0 Å². The monoisotopic (exact) mass is 404 g/mol. The fraction of sp³-hybridized carbons (Fsp3) is 0.250. The minimum atomic E-state index is -0.398. The zero-order chi connectivity index (χ0) is 19.9. The Morgan fingerprint density at radius 3 is 2.30 bits per heavy atom. The molecular weight excluding hydrogens is 387 g/mol. The first-order valence-corrected chi connectivity index (χ1v) is 9.17. The van der Waals surface area contributed by atoms with Gasteiger partial charge in [0.2, 0.25) is 0 Å². The Labute approximate surface area is 167 Å². The predicted molar refractivity (Wildman–Crippen MR) is 104 cm³/mol. The largest absolute Gasteiger partial charge is 0.332 e. The molecule has 0 atom stereocenters. The van der Waals surface area contributed by atoms with Gasteiger partial charge in [-0.25, -0.2) is 0 Å². The van der Waals surface area contributed by atoms with Crippen LogP contribution in [-0.2, 0) is 6.54 Å². The summed E-state index contributed by atoms with van der Waals surface area (Å²) >= 11 is 12.0. The van der Waals surface area contributed by atoms with E-state index in [1.165, 1.54) is 19.2 Å². The molecule has 0 saturated heterocycles. The van der Waals surface area contributed by atoms with Crippen LogP contribution in [0, 0.1) is 0 Å². The van der Waals surface area contributed by atoms with Crippen molar-refractivity contribution in [2.45, 2.75) is 26.4 Å². The molecule has 0 unspecified atom stereocenters. The number of halogens is 2. The molecule has 0 aliphatic carbocycles. The van der Waals surface area contributed by atoms with Gasteiger partial charge in [-0.15, -0.1) is 0 Å². The minimum absolute atomic E-state index is 0.0831. The van der Waals surface area contributed by atoms with Gasteiger partial charge in [0, 0.05) is 25.2 Å². The van der Waals surface area contributed by atoms with Gasteiger partial charge >= 0.3 is 0 Å². The second-order valence-electron chi connectivity index (χ2n) is 6.70. The van der Waals surface area contributed by atoms with Gasteiger partial charge in [-0.1, -0.05) is 29.3 Å². The lowest BCUT2D eigenvalue weighted by Gasteiger charge is -2.27. The van der Waals surface area contributed by atoms with Gasteiger partial charge in [-0.05, 0) is 49.7 Å². The second kappa shape index (κ2) is 7.33. The molecule has 1 aliphatic heterocycles. The van der Waals surface area contributed by atoms with Crippen LogP contribution in [0.5, 0.6) is 0 Å². The van der Waals surface area contributed by atoms with Crippen LogP contribution in [0.1, 0.15) is 50.5 Å². The molecule has 27 heavy (non-hydrogen) atoms. The molecule has 0 bridgehead atoms. The van der Waals surface area contributed by atoms with E-state index in [4.69, 9.17) is 23.2 Å².